The van der Waals surface area contributed by atoms with Gasteiger partial charge in [0, 0.05) is 20.5 Å². The van der Waals surface area contributed by atoms with Crippen molar-refractivity contribution in [3.8, 4) is 0 Å². The van der Waals surface area contributed by atoms with Crippen LogP contribution in [0, 0.1) is 0 Å². The van der Waals surface area contributed by atoms with Gasteiger partial charge in [-0.2, -0.15) is 0 Å². The highest BCUT2D eigenvalue weighted by Crippen LogP contribution is 2.28. The fourth-order valence-electron chi connectivity index (χ4n) is 1.80. The van der Waals surface area contributed by atoms with Gasteiger partial charge in [-0.1, -0.05) is 67.9 Å². The molecule has 0 spiro atoms. The molecule has 0 atom stereocenters. The molecule has 0 bridgehead atoms. The Balaban J connectivity index is 1.99. The lowest BCUT2D eigenvalue weighted by molar-refractivity contribution is 1.15. The van der Waals surface area contributed by atoms with Gasteiger partial charge in [-0.15, -0.1) is 0 Å². The van der Waals surface area contributed by atoms with Gasteiger partial charge < -0.3 is 0 Å². The molecule has 100 valence electrons. The monoisotopic (exact) mass is 398 g/mol. The van der Waals surface area contributed by atoms with E-state index in [4.69, 9.17) is 0 Å². The van der Waals surface area contributed by atoms with Gasteiger partial charge in [0.1, 0.15) is 0 Å². The van der Waals surface area contributed by atoms with Gasteiger partial charge in [0.05, 0.1) is 0 Å². The maximum Gasteiger partial charge on any atom is 0.0122 e. The third kappa shape index (κ3) is 4.97. The summed E-state index contributed by atoms with van der Waals surface area (Å²) in [5, 5.41) is 2.04. The average Bonchev–Trinajstić information content (AvgIpc) is 2.44. The number of hydrogen-bond acceptors (Lipinski definition) is 1. The molecule has 0 aliphatic heterocycles. The molecule has 0 nitrogen and oxygen atoms in total. The van der Waals surface area contributed by atoms with E-state index in [-0.39, 0.29) is 0 Å². The molecule has 2 aromatic rings. The van der Waals surface area contributed by atoms with E-state index < -0.39 is 0 Å². The molecule has 19 heavy (non-hydrogen) atoms. The summed E-state index contributed by atoms with van der Waals surface area (Å²) < 4.78 is 0. The lowest BCUT2D eigenvalue weighted by atomic mass is 10.2. The van der Waals surface area contributed by atoms with Crippen molar-refractivity contribution in [2.24, 2.45) is 0 Å². The highest BCUT2D eigenvalue weighted by atomic mass is 79.9. The van der Waals surface area contributed by atoms with Gasteiger partial charge in [-0.3, -0.25) is 0 Å². The van der Waals surface area contributed by atoms with E-state index in [1.54, 1.807) is 0 Å². The Bertz CT molecular complexity index is 444. The maximum absolute atomic E-state index is 3.47. The first-order valence-corrected chi connectivity index (χ1v) is 9.35. The normalized spacial score (nSPS) is 10.6. The zero-order chi connectivity index (χ0) is 13.5. The summed E-state index contributed by atoms with van der Waals surface area (Å²) in [6.07, 6.45) is 2.18. The van der Waals surface area contributed by atoms with Crippen LogP contribution in [-0.4, -0.2) is 10.7 Å². The van der Waals surface area contributed by atoms with Gasteiger partial charge in [0.25, 0.3) is 0 Å². The van der Waals surface area contributed by atoms with Crippen LogP contribution in [0.25, 0.3) is 0 Å². The van der Waals surface area contributed by atoms with E-state index in [0.717, 1.165) is 23.5 Å². The Labute approximate surface area is 136 Å². The first-order valence-electron chi connectivity index (χ1n) is 6.29. The molecular weight excluding hydrogens is 384 g/mol. The number of alkyl halides is 2. The van der Waals surface area contributed by atoms with E-state index in [1.807, 2.05) is 11.8 Å². The molecule has 0 fully saturated rings. The lowest BCUT2D eigenvalue weighted by Gasteiger charge is -2.04. The smallest absolute Gasteiger partial charge is 0.0122 e. The minimum atomic E-state index is 1.02. The number of aryl methyl sites for hydroxylation is 2. The van der Waals surface area contributed by atoms with Gasteiger partial charge in [0.2, 0.25) is 0 Å². The lowest BCUT2D eigenvalue weighted by Crippen LogP contribution is -1.86. The summed E-state index contributed by atoms with van der Waals surface area (Å²) in [5.41, 5.74) is 2.77. The number of hydrogen-bond donors (Lipinski definition) is 0. The predicted octanol–water partition coefficient (Wildman–Crippen LogP) is 5.71. The predicted molar refractivity (Wildman–Crippen MR) is 92.0 cm³/mol. The molecule has 0 aromatic heterocycles. The topological polar surface area (TPSA) is 0 Å². The minimum Gasteiger partial charge on any atom is -0.0924 e. The summed E-state index contributed by atoms with van der Waals surface area (Å²) in [4.78, 5) is 2.60. The summed E-state index contributed by atoms with van der Waals surface area (Å²) in [5.74, 6) is 0. The summed E-state index contributed by atoms with van der Waals surface area (Å²) >= 11 is 8.76. The van der Waals surface area contributed by atoms with Gasteiger partial charge in [0.15, 0.2) is 0 Å². The van der Waals surface area contributed by atoms with Crippen molar-refractivity contribution in [2.45, 2.75) is 22.6 Å². The fraction of sp³-hybridized carbons (Fsp3) is 0.250. The van der Waals surface area contributed by atoms with E-state index in [2.05, 4.69) is 80.4 Å². The molecule has 0 saturated carbocycles. The first kappa shape index (κ1) is 15.1. The van der Waals surface area contributed by atoms with Crippen LogP contribution in [-0.2, 0) is 12.8 Å². The van der Waals surface area contributed by atoms with Crippen molar-refractivity contribution in [1.82, 2.24) is 0 Å². The first-order chi connectivity index (χ1) is 9.31. The number of halogens is 2. The summed E-state index contributed by atoms with van der Waals surface area (Å²) in [6, 6.07) is 17.7. The summed E-state index contributed by atoms with van der Waals surface area (Å²) in [7, 11) is 0. The quantitative estimate of drug-likeness (QED) is 0.560. The molecule has 0 radical (unpaired) electrons. The molecule has 3 heteroatoms. The average molecular weight is 400 g/mol. The molecule has 0 saturated heterocycles. The van der Waals surface area contributed by atoms with Crippen LogP contribution >= 0.6 is 43.6 Å². The van der Waals surface area contributed by atoms with Crippen molar-refractivity contribution in [3.05, 3.63) is 59.7 Å². The van der Waals surface area contributed by atoms with Crippen LogP contribution in [0.15, 0.2) is 58.3 Å². The third-order valence-corrected chi connectivity index (χ3v) is 4.66. The van der Waals surface area contributed by atoms with Crippen molar-refractivity contribution in [3.63, 3.8) is 0 Å². The Morgan fingerprint density at radius 3 is 1.32 bits per heavy atom. The minimum absolute atomic E-state index is 1.02. The van der Waals surface area contributed by atoms with Crippen LogP contribution in [0.1, 0.15) is 11.1 Å². The van der Waals surface area contributed by atoms with E-state index >= 15 is 0 Å². The number of rotatable bonds is 6. The Hall–Kier alpha value is -0.250. The van der Waals surface area contributed by atoms with Gasteiger partial charge in [-0.25, -0.2) is 0 Å². The standard InChI is InChI=1S/C16H16Br2S/c17-11-9-13-1-5-15(6-2-13)19-16-7-3-14(4-8-16)10-12-18/h1-8H,9-12H2. The molecule has 0 unspecified atom stereocenters. The van der Waals surface area contributed by atoms with Gasteiger partial charge >= 0.3 is 0 Å². The van der Waals surface area contributed by atoms with E-state index in [1.165, 1.54) is 20.9 Å². The van der Waals surface area contributed by atoms with Crippen LogP contribution in [0.4, 0.5) is 0 Å². The second kappa shape index (κ2) is 8.13. The molecular formula is C16H16Br2S. The SMILES string of the molecule is BrCCc1ccc(Sc2ccc(CCBr)cc2)cc1. The molecule has 0 amide bonds. The molecule has 0 N–H and O–H groups in total. The van der Waals surface area contributed by atoms with Crippen LogP contribution < -0.4 is 0 Å². The molecule has 2 aromatic carbocycles. The van der Waals surface area contributed by atoms with E-state index in [9.17, 15) is 0 Å². The molecule has 0 aliphatic carbocycles. The number of benzene rings is 2. The molecule has 2 rings (SSSR count). The zero-order valence-corrected chi connectivity index (χ0v) is 14.6. The van der Waals surface area contributed by atoms with Crippen molar-refractivity contribution in [2.75, 3.05) is 10.7 Å². The van der Waals surface area contributed by atoms with Crippen molar-refractivity contribution < 1.29 is 0 Å². The van der Waals surface area contributed by atoms with Crippen molar-refractivity contribution >= 4 is 43.6 Å². The van der Waals surface area contributed by atoms with Crippen LogP contribution in [0.3, 0.4) is 0 Å². The molecule has 0 aliphatic rings. The second-order valence-corrected chi connectivity index (χ2v) is 7.00. The Morgan fingerprint density at radius 2 is 1.00 bits per heavy atom. The van der Waals surface area contributed by atoms with Crippen LogP contribution in [0.2, 0.25) is 0 Å². The highest BCUT2D eigenvalue weighted by molar-refractivity contribution is 9.09. The van der Waals surface area contributed by atoms with Gasteiger partial charge in [-0.05, 0) is 48.2 Å². The van der Waals surface area contributed by atoms with E-state index in [0.29, 0.717) is 0 Å². The Morgan fingerprint density at radius 1 is 0.632 bits per heavy atom. The van der Waals surface area contributed by atoms with Crippen LogP contribution in [0.5, 0.6) is 0 Å². The highest BCUT2D eigenvalue weighted by Gasteiger charge is 1.99. The second-order valence-electron chi connectivity index (χ2n) is 4.27. The molecule has 0 heterocycles. The zero-order valence-electron chi connectivity index (χ0n) is 10.6. The fourth-order valence-corrected chi connectivity index (χ4v) is 3.53. The summed E-state index contributed by atoms with van der Waals surface area (Å²) in [6.45, 7) is 0. The largest absolute Gasteiger partial charge is 0.0924 e. The Kier molecular flexibility index (Phi) is 6.48. The van der Waals surface area contributed by atoms with Crippen molar-refractivity contribution in [1.29, 1.82) is 0 Å². The third-order valence-electron chi connectivity index (χ3n) is 2.85. The maximum atomic E-state index is 3.47.